The number of amides is 2. The van der Waals surface area contributed by atoms with Gasteiger partial charge in [-0.05, 0) is 50.5 Å². The van der Waals surface area contributed by atoms with Crippen molar-refractivity contribution in [3.05, 3.63) is 59.7 Å². The van der Waals surface area contributed by atoms with Crippen molar-refractivity contribution in [3.8, 4) is 5.75 Å². The van der Waals surface area contributed by atoms with E-state index in [9.17, 15) is 9.59 Å². The standard InChI is InChI=1S/C22H28N2O3/c1-5-15(3)23-22(26)18-12-8-9-13-19(18)24-21(25)16(4)27-20-14-10-7-11-17(20)6-2/h7-16H,5-6H2,1-4H3,(H,23,26)(H,24,25). The first kappa shape index (κ1) is 20.5. The van der Waals surface area contributed by atoms with Crippen LogP contribution in [0, 0.1) is 0 Å². The highest BCUT2D eigenvalue weighted by molar-refractivity contribution is 6.04. The smallest absolute Gasteiger partial charge is 0.265 e. The lowest BCUT2D eigenvalue weighted by molar-refractivity contribution is -0.122. The second-order valence-corrected chi connectivity index (χ2v) is 6.54. The minimum Gasteiger partial charge on any atom is -0.481 e. The molecule has 2 unspecified atom stereocenters. The molecule has 5 nitrogen and oxygen atoms in total. The molecule has 2 aromatic rings. The molecule has 0 spiro atoms. The second kappa shape index (κ2) is 9.76. The topological polar surface area (TPSA) is 67.4 Å². The van der Waals surface area contributed by atoms with Gasteiger partial charge in [0.05, 0.1) is 11.3 Å². The van der Waals surface area contributed by atoms with Crippen molar-refractivity contribution in [1.29, 1.82) is 0 Å². The predicted molar refractivity (Wildman–Crippen MR) is 108 cm³/mol. The van der Waals surface area contributed by atoms with Crippen LogP contribution < -0.4 is 15.4 Å². The molecule has 2 aromatic carbocycles. The number of benzene rings is 2. The highest BCUT2D eigenvalue weighted by Crippen LogP contribution is 2.21. The number of rotatable bonds is 8. The first-order valence-corrected chi connectivity index (χ1v) is 9.41. The third-order valence-electron chi connectivity index (χ3n) is 4.45. The van der Waals surface area contributed by atoms with Gasteiger partial charge < -0.3 is 15.4 Å². The number of anilines is 1. The zero-order valence-electron chi connectivity index (χ0n) is 16.4. The van der Waals surface area contributed by atoms with Gasteiger partial charge in [0.25, 0.3) is 11.8 Å². The van der Waals surface area contributed by atoms with Crippen molar-refractivity contribution in [2.24, 2.45) is 0 Å². The highest BCUT2D eigenvalue weighted by atomic mass is 16.5. The maximum atomic E-state index is 12.6. The van der Waals surface area contributed by atoms with Crippen LogP contribution in [0.4, 0.5) is 5.69 Å². The summed E-state index contributed by atoms with van der Waals surface area (Å²) in [5.41, 5.74) is 1.96. The molecular weight excluding hydrogens is 340 g/mol. The van der Waals surface area contributed by atoms with E-state index < -0.39 is 6.10 Å². The van der Waals surface area contributed by atoms with Crippen LogP contribution in [-0.4, -0.2) is 24.0 Å². The Labute approximate surface area is 161 Å². The molecule has 0 aliphatic heterocycles. The van der Waals surface area contributed by atoms with Gasteiger partial charge in [-0.2, -0.15) is 0 Å². The maximum Gasteiger partial charge on any atom is 0.265 e. The summed E-state index contributed by atoms with van der Waals surface area (Å²) in [5, 5.41) is 5.74. The Balaban J connectivity index is 2.10. The van der Waals surface area contributed by atoms with Gasteiger partial charge in [-0.25, -0.2) is 0 Å². The average Bonchev–Trinajstić information content (AvgIpc) is 2.68. The fourth-order valence-corrected chi connectivity index (χ4v) is 2.58. The molecule has 0 saturated carbocycles. The van der Waals surface area contributed by atoms with E-state index in [0.717, 1.165) is 18.4 Å². The van der Waals surface area contributed by atoms with Crippen molar-refractivity contribution in [2.45, 2.75) is 52.7 Å². The molecule has 2 amide bonds. The maximum absolute atomic E-state index is 12.6. The number of carbonyl (C=O) groups is 2. The number of ether oxygens (including phenoxy) is 1. The fourth-order valence-electron chi connectivity index (χ4n) is 2.58. The van der Waals surface area contributed by atoms with E-state index in [0.29, 0.717) is 17.0 Å². The van der Waals surface area contributed by atoms with E-state index in [-0.39, 0.29) is 17.9 Å². The van der Waals surface area contributed by atoms with Crippen molar-refractivity contribution in [2.75, 3.05) is 5.32 Å². The Kier molecular flexibility index (Phi) is 7.41. The number of aryl methyl sites for hydroxylation is 1. The van der Waals surface area contributed by atoms with Crippen molar-refractivity contribution >= 4 is 17.5 Å². The van der Waals surface area contributed by atoms with Crippen LogP contribution in [0.5, 0.6) is 5.75 Å². The van der Waals surface area contributed by atoms with E-state index in [4.69, 9.17) is 4.74 Å². The quantitative estimate of drug-likeness (QED) is 0.734. The average molecular weight is 368 g/mol. The number of nitrogens with one attached hydrogen (secondary N) is 2. The fraction of sp³-hybridized carbons (Fsp3) is 0.364. The molecule has 2 N–H and O–H groups in total. The number of carbonyl (C=O) groups excluding carboxylic acids is 2. The molecule has 0 bridgehead atoms. The Morgan fingerprint density at radius 3 is 2.37 bits per heavy atom. The molecular formula is C22H28N2O3. The molecule has 0 saturated heterocycles. The van der Waals surface area contributed by atoms with Crippen LogP contribution in [0.25, 0.3) is 0 Å². The van der Waals surface area contributed by atoms with Crippen LogP contribution in [0.1, 0.15) is 50.0 Å². The van der Waals surface area contributed by atoms with Gasteiger partial charge in [-0.3, -0.25) is 9.59 Å². The first-order valence-electron chi connectivity index (χ1n) is 9.41. The SMILES string of the molecule is CCc1ccccc1OC(C)C(=O)Nc1ccccc1C(=O)NC(C)CC. The molecule has 0 heterocycles. The Morgan fingerprint density at radius 1 is 1.00 bits per heavy atom. The Bertz CT molecular complexity index is 789. The van der Waals surface area contributed by atoms with E-state index in [1.54, 1.807) is 31.2 Å². The molecule has 144 valence electrons. The number of para-hydroxylation sites is 2. The van der Waals surface area contributed by atoms with E-state index in [1.807, 2.05) is 45.0 Å². The highest BCUT2D eigenvalue weighted by Gasteiger charge is 2.19. The van der Waals surface area contributed by atoms with Crippen LogP contribution in [0.2, 0.25) is 0 Å². The lowest BCUT2D eigenvalue weighted by Crippen LogP contribution is -2.34. The zero-order chi connectivity index (χ0) is 19.8. The van der Waals surface area contributed by atoms with E-state index >= 15 is 0 Å². The largest absolute Gasteiger partial charge is 0.481 e. The van der Waals surface area contributed by atoms with Gasteiger partial charge in [-0.1, -0.05) is 44.2 Å². The lowest BCUT2D eigenvalue weighted by Gasteiger charge is -2.18. The molecule has 0 aliphatic rings. The molecule has 2 rings (SSSR count). The molecule has 0 radical (unpaired) electrons. The summed E-state index contributed by atoms with van der Waals surface area (Å²) in [5.74, 6) is 0.195. The van der Waals surface area contributed by atoms with Crippen LogP contribution in [0.3, 0.4) is 0 Å². The van der Waals surface area contributed by atoms with Crippen LogP contribution in [-0.2, 0) is 11.2 Å². The summed E-state index contributed by atoms with van der Waals surface area (Å²) in [4.78, 5) is 25.1. The Hall–Kier alpha value is -2.82. The van der Waals surface area contributed by atoms with Gasteiger partial charge in [-0.15, -0.1) is 0 Å². The Morgan fingerprint density at radius 2 is 1.67 bits per heavy atom. The molecule has 27 heavy (non-hydrogen) atoms. The van der Waals surface area contributed by atoms with Crippen LogP contribution in [0.15, 0.2) is 48.5 Å². The van der Waals surface area contributed by atoms with Gasteiger partial charge in [0.1, 0.15) is 5.75 Å². The summed E-state index contributed by atoms with van der Waals surface area (Å²) >= 11 is 0. The summed E-state index contributed by atoms with van der Waals surface area (Å²) in [6.07, 6.45) is 0.967. The molecule has 0 aliphatic carbocycles. The minimum atomic E-state index is -0.691. The molecule has 0 fully saturated rings. The predicted octanol–water partition coefficient (Wildman–Crippen LogP) is 4.18. The van der Waals surface area contributed by atoms with Gasteiger partial charge in [0, 0.05) is 6.04 Å². The van der Waals surface area contributed by atoms with Crippen molar-refractivity contribution in [1.82, 2.24) is 5.32 Å². The third-order valence-corrected chi connectivity index (χ3v) is 4.45. The van der Waals surface area contributed by atoms with Gasteiger partial charge >= 0.3 is 0 Å². The van der Waals surface area contributed by atoms with E-state index in [2.05, 4.69) is 10.6 Å². The third kappa shape index (κ3) is 5.58. The van der Waals surface area contributed by atoms with Gasteiger partial charge in [0.2, 0.25) is 0 Å². The normalized spacial score (nSPS) is 12.7. The summed E-state index contributed by atoms with van der Waals surface area (Å²) in [6.45, 7) is 7.69. The summed E-state index contributed by atoms with van der Waals surface area (Å²) < 4.78 is 5.84. The molecule has 2 atom stereocenters. The zero-order valence-corrected chi connectivity index (χ0v) is 16.4. The first-order chi connectivity index (χ1) is 13.0. The van der Waals surface area contributed by atoms with E-state index in [1.165, 1.54) is 0 Å². The number of hydrogen-bond acceptors (Lipinski definition) is 3. The van der Waals surface area contributed by atoms with Crippen molar-refractivity contribution in [3.63, 3.8) is 0 Å². The summed E-state index contributed by atoms with van der Waals surface area (Å²) in [6, 6.07) is 14.7. The number of hydrogen-bond donors (Lipinski definition) is 2. The molecule has 0 aromatic heterocycles. The van der Waals surface area contributed by atoms with Crippen molar-refractivity contribution < 1.29 is 14.3 Å². The molecule has 5 heteroatoms. The lowest BCUT2D eigenvalue weighted by atomic mass is 10.1. The summed E-state index contributed by atoms with van der Waals surface area (Å²) in [7, 11) is 0. The second-order valence-electron chi connectivity index (χ2n) is 6.54. The monoisotopic (exact) mass is 368 g/mol. The minimum absolute atomic E-state index is 0.0639. The van der Waals surface area contributed by atoms with Gasteiger partial charge in [0.15, 0.2) is 6.10 Å². The van der Waals surface area contributed by atoms with Crippen LogP contribution >= 0.6 is 0 Å².